The molecule has 0 aliphatic heterocycles. The second-order valence-corrected chi connectivity index (χ2v) is 3.52. The van der Waals surface area contributed by atoms with Crippen LogP contribution in [-0.2, 0) is 17.6 Å². The van der Waals surface area contributed by atoms with Crippen LogP contribution in [0.15, 0.2) is 4.42 Å². The lowest BCUT2D eigenvalue weighted by Gasteiger charge is -1.99. The number of furan rings is 1. The molecule has 2 rings (SSSR count). The average molecular weight is 194 g/mol. The van der Waals surface area contributed by atoms with Crippen LogP contribution in [0.1, 0.15) is 40.8 Å². The Labute approximate surface area is 83.0 Å². The highest BCUT2D eigenvalue weighted by atomic mass is 16.5. The predicted octanol–water partition coefficient (Wildman–Crippen LogP) is 2.25. The van der Waals surface area contributed by atoms with Gasteiger partial charge in [-0.2, -0.15) is 0 Å². The van der Waals surface area contributed by atoms with Crippen molar-refractivity contribution < 1.29 is 13.9 Å². The second-order valence-electron chi connectivity index (χ2n) is 3.52. The molecule has 1 aromatic rings. The first-order valence-electron chi connectivity index (χ1n) is 5.02. The third kappa shape index (κ3) is 1.33. The van der Waals surface area contributed by atoms with Crippen LogP contribution < -0.4 is 0 Å². The summed E-state index contributed by atoms with van der Waals surface area (Å²) in [5.41, 5.74) is 2.29. The molecule has 0 N–H and O–H groups in total. The highest BCUT2D eigenvalue weighted by Gasteiger charge is 2.26. The number of fused-ring (bicyclic) bond motifs is 1. The van der Waals surface area contributed by atoms with Crippen LogP contribution in [-0.4, -0.2) is 12.6 Å². The highest BCUT2D eigenvalue weighted by molar-refractivity contribution is 5.88. The number of esters is 1. The van der Waals surface area contributed by atoms with E-state index in [-0.39, 0.29) is 5.97 Å². The third-order valence-corrected chi connectivity index (χ3v) is 2.63. The Morgan fingerprint density at radius 1 is 1.43 bits per heavy atom. The summed E-state index contributed by atoms with van der Waals surface area (Å²) in [7, 11) is 0. The highest BCUT2D eigenvalue weighted by Crippen LogP contribution is 2.31. The maximum Gasteiger partial charge on any atom is 0.374 e. The molecule has 3 nitrogen and oxygen atoms in total. The standard InChI is InChI=1S/C11H14O3/c1-3-13-11(12)10-9-6-4-5-8(9)7(2)14-10/h3-6H2,1-2H3. The molecular weight excluding hydrogens is 180 g/mol. The zero-order valence-corrected chi connectivity index (χ0v) is 8.55. The second kappa shape index (κ2) is 3.48. The normalized spacial score (nSPS) is 14.1. The molecule has 1 heterocycles. The summed E-state index contributed by atoms with van der Waals surface area (Å²) >= 11 is 0. The van der Waals surface area contributed by atoms with E-state index in [0.29, 0.717) is 12.4 Å². The van der Waals surface area contributed by atoms with Crippen LogP contribution in [0.3, 0.4) is 0 Å². The average Bonchev–Trinajstić information content (AvgIpc) is 2.70. The fourth-order valence-electron chi connectivity index (χ4n) is 2.02. The van der Waals surface area contributed by atoms with Gasteiger partial charge in [0, 0.05) is 5.56 Å². The molecule has 76 valence electrons. The van der Waals surface area contributed by atoms with Crippen LogP contribution in [0.4, 0.5) is 0 Å². The summed E-state index contributed by atoms with van der Waals surface area (Å²) in [5.74, 6) is 0.983. The third-order valence-electron chi connectivity index (χ3n) is 2.63. The molecule has 0 amide bonds. The smallest absolute Gasteiger partial charge is 0.374 e. The number of rotatable bonds is 2. The van der Waals surface area contributed by atoms with Crippen molar-refractivity contribution in [2.75, 3.05) is 6.61 Å². The van der Waals surface area contributed by atoms with Crippen molar-refractivity contribution in [3.8, 4) is 0 Å². The molecule has 0 radical (unpaired) electrons. The van der Waals surface area contributed by atoms with Gasteiger partial charge in [-0.25, -0.2) is 4.79 Å². The number of aryl methyl sites for hydroxylation is 1. The molecule has 3 heteroatoms. The molecule has 1 aliphatic rings. The van der Waals surface area contributed by atoms with Crippen molar-refractivity contribution in [2.24, 2.45) is 0 Å². The first kappa shape index (κ1) is 9.31. The van der Waals surface area contributed by atoms with Crippen molar-refractivity contribution >= 4 is 5.97 Å². The Bertz CT molecular complexity index is 363. The molecule has 0 saturated heterocycles. The van der Waals surface area contributed by atoms with Gasteiger partial charge in [0.2, 0.25) is 5.76 Å². The lowest BCUT2D eigenvalue weighted by atomic mass is 10.1. The maximum absolute atomic E-state index is 11.5. The molecule has 0 atom stereocenters. The summed E-state index contributed by atoms with van der Waals surface area (Å²) in [5, 5.41) is 0. The van der Waals surface area contributed by atoms with E-state index >= 15 is 0 Å². The molecule has 1 aromatic heterocycles. The van der Waals surface area contributed by atoms with E-state index in [9.17, 15) is 4.79 Å². The van der Waals surface area contributed by atoms with E-state index in [0.717, 1.165) is 30.6 Å². The summed E-state index contributed by atoms with van der Waals surface area (Å²) in [4.78, 5) is 11.5. The molecule has 1 aliphatic carbocycles. The van der Waals surface area contributed by atoms with Gasteiger partial charge in [-0.15, -0.1) is 0 Å². The van der Waals surface area contributed by atoms with Gasteiger partial charge in [0.25, 0.3) is 0 Å². The molecule has 0 spiro atoms. The van der Waals surface area contributed by atoms with E-state index < -0.39 is 0 Å². The first-order chi connectivity index (χ1) is 6.74. The van der Waals surface area contributed by atoms with E-state index in [1.165, 1.54) is 5.56 Å². The molecule has 0 unspecified atom stereocenters. The fraction of sp³-hybridized carbons (Fsp3) is 0.545. The zero-order chi connectivity index (χ0) is 10.1. The molecular formula is C11H14O3. The van der Waals surface area contributed by atoms with Crippen LogP contribution in [0.5, 0.6) is 0 Å². The number of carbonyl (C=O) groups excluding carboxylic acids is 1. The van der Waals surface area contributed by atoms with Gasteiger partial charge in [-0.05, 0) is 38.7 Å². The lowest BCUT2D eigenvalue weighted by Crippen LogP contribution is -2.05. The molecule has 0 fully saturated rings. The van der Waals surface area contributed by atoms with Gasteiger partial charge >= 0.3 is 5.97 Å². The van der Waals surface area contributed by atoms with Crippen molar-refractivity contribution in [1.82, 2.24) is 0 Å². The van der Waals surface area contributed by atoms with E-state index in [1.54, 1.807) is 6.92 Å². The number of ether oxygens (including phenoxy) is 1. The quantitative estimate of drug-likeness (QED) is 0.678. The minimum absolute atomic E-state index is 0.321. The van der Waals surface area contributed by atoms with E-state index in [4.69, 9.17) is 9.15 Å². The Kier molecular flexibility index (Phi) is 2.32. The van der Waals surface area contributed by atoms with Crippen LogP contribution in [0.2, 0.25) is 0 Å². The lowest BCUT2D eigenvalue weighted by molar-refractivity contribution is 0.0487. The van der Waals surface area contributed by atoms with Gasteiger partial charge in [0.1, 0.15) is 5.76 Å². The first-order valence-corrected chi connectivity index (χ1v) is 5.02. The Hall–Kier alpha value is -1.25. The van der Waals surface area contributed by atoms with Crippen LogP contribution >= 0.6 is 0 Å². The Morgan fingerprint density at radius 2 is 2.14 bits per heavy atom. The van der Waals surface area contributed by atoms with Crippen molar-refractivity contribution in [3.63, 3.8) is 0 Å². The molecule has 0 saturated carbocycles. The molecule has 0 aromatic carbocycles. The van der Waals surface area contributed by atoms with Gasteiger partial charge in [-0.1, -0.05) is 0 Å². The minimum atomic E-state index is -0.321. The van der Waals surface area contributed by atoms with Crippen molar-refractivity contribution in [1.29, 1.82) is 0 Å². The summed E-state index contributed by atoms with van der Waals surface area (Å²) in [6, 6.07) is 0. The number of hydrogen-bond donors (Lipinski definition) is 0. The summed E-state index contributed by atoms with van der Waals surface area (Å²) in [6.07, 6.45) is 3.10. The van der Waals surface area contributed by atoms with E-state index in [2.05, 4.69) is 0 Å². The number of hydrogen-bond acceptors (Lipinski definition) is 3. The maximum atomic E-state index is 11.5. The van der Waals surface area contributed by atoms with Gasteiger partial charge in [0.15, 0.2) is 0 Å². The molecule has 0 bridgehead atoms. The van der Waals surface area contributed by atoms with Crippen LogP contribution in [0.25, 0.3) is 0 Å². The van der Waals surface area contributed by atoms with Gasteiger partial charge in [-0.3, -0.25) is 0 Å². The summed E-state index contributed by atoms with van der Waals surface area (Å²) < 4.78 is 10.4. The van der Waals surface area contributed by atoms with E-state index in [1.807, 2.05) is 6.92 Å². The molecule has 14 heavy (non-hydrogen) atoms. The van der Waals surface area contributed by atoms with Crippen LogP contribution in [0, 0.1) is 6.92 Å². The number of carbonyl (C=O) groups is 1. The monoisotopic (exact) mass is 194 g/mol. The largest absolute Gasteiger partial charge is 0.460 e. The summed E-state index contributed by atoms with van der Waals surface area (Å²) in [6.45, 7) is 4.11. The van der Waals surface area contributed by atoms with Crippen molar-refractivity contribution in [3.05, 3.63) is 22.6 Å². The Balaban J connectivity index is 2.35. The minimum Gasteiger partial charge on any atom is -0.460 e. The van der Waals surface area contributed by atoms with Gasteiger partial charge < -0.3 is 9.15 Å². The van der Waals surface area contributed by atoms with Crippen molar-refractivity contribution in [2.45, 2.75) is 33.1 Å². The Morgan fingerprint density at radius 3 is 2.86 bits per heavy atom. The fourth-order valence-corrected chi connectivity index (χ4v) is 2.02. The SMILES string of the molecule is CCOC(=O)c1oc(C)c2c1CCC2. The van der Waals surface area contributed by atoms with Gasteiger partial charge in [0.05, 0.1) is 6.61 Å². The predicted molar refractivity (Wildman–Crippen MR) is 51.4 cm³/mol. The topological polar surface area (TPSA) is 39.4 Å². The zero-order valence-electron chi connectivity index (χ0n) is 8.55.